The van der Waals surface area contributed by atoms with Crippen LogP contribution >= 0.6 is 0 Å². The van der Waals surface area contributed by atoms with Gasteiger partial charge in [0.15, 0.2) is 11.5 Å². The monoisotopic (exact) mass is 514 g/mol. The standard InChI is InChI=1S/C27H28F2N2O6/c1-15(32)31-12-20(18-5-7-23(37-27(28)29)24(10-18)35-13-16-2-3-16)9-22(31)26(34)36-14-17-4-6-21-19(8-17)11-30-25(21)33/h4-8,10,16,20,22,27H,2-3,9,11-14H2,1H3,(H,30,33)/t20?,22-/m1/s1. The van der Waals surface area contributed by atoms with Gasteiger partial charge in [0.25, 0.3) is 5.91 Å². The van der Waals surface area contributed by atoms with Crippen LogP contribution in [0.1, 0.15) is 59.2 Å². The summed E-state index contributed by atoms with van der Waals surface area (Å²) in [5.74, 6) is -0.489. The van der Waals surface area contributed by atoms with Gasteiger partial charge in [0.05, 0.1) is 6.61 Å². The Kier molecular flexibility index (Phi) is 6.99. The molecule has 37 heavy (non-hydrogen) atoms. The van der Waals surface area contributed by atoms with Gasteiger partial charge in [0.2, 0.25) is 5.91 Å². The van der Waals surface area contributed by atoms with Gasteiger partial charge in [-0.05, 0) is 66.1 Å². The molecule has 8 nitrogen and oxygen atoms in total. The Bertz CT molecular complexity index is 1220. The molecule has 0 spiro atoms. The number of amides is 2. The van der Waals surface area contributed by atoms with Crippen LogP contribution in [0.4, 0.5) is 8.78 Å². The molecular weight excluding hydrogens is 486 g/mol. The molecule has 0 bridgehead atoms. The van der Waals surface area contributed by atoms with Crippen LogP contribution in [0, 0.1) is 5.92 Å². The zero-order valence-electron chi connectivity index (χ0n) is 20.4. The Labute approximate surface area is 212 Å². The van der Waals surface area contributed by atoms with Gasteiger partial charge >= 0.3 is 12.6 Å². The highest BCUT2D eigenvalue weighted by molar-refractivity contribution is 5.98. The molecule has 0 radical (unpaired) electrons. The average molecular weight is 515 g/mol. The molecule has 2 aromatic carbocycles. The van der Waals surface area contributed by atoms with Gasteiger partial charge in [0, 0.05) is 31.5 Å². The minimum absolute atomic E-state index is 0.0199. The lowest BCUT2D eigenvalue weighted by Gasteiger charge is -2.21. The van der Waals surface area contributed by atoms with Gasteiger partial charge in [0.1, 0.15) is 12.6 Å². The van der Waals surface area contributed by atoms with Crippen molar-refractivity contribution in [2.75, 3.05) is 13.2 Å². The van der Waals surface area contributed by atoms with Gasteiger partial charge < -0.3 is 24.4 Å². The number of nitrogens with one attached hydrogen (secondary N) is 1. The van der Waals surface area contributed by atoms with E-state index in [0.717, 1.165) is 29.5 Å². The van der Waals surface area contributed by atoms with E-state index in [-0.39, 0.29) is 35.8 Å². The summed E-state index contributed by atoms with van der Waals surface area (Å²) in [7, 11) is 0. The first-order valence-electron chi connectivity index (χ1n) is 12.3. The number of esters is 1. The first-order valence-corrected chi connectivity index (χ1v) is 12.3. The van der Waals surface area contributed by atoms with Gasteiger partial charge in [-0.15, -0.1) is 0 Å². The SMILES string of the molecule is CC(=O)N1CC(c2ccc(OC(F)F)c(OCC3CC3)c2)C[C@@H]1C(=O)OCc1ccc2c(c1)CNC2=O. The average Bonchev–Trinajstić information content (AvgIpc) is 3.47. The van der Waals surface area contributed by atoms with Gasteiger partial charge in [-0.25, -0.2) is 4.79 Å². The van der Waals surface area contributed by atoms with E-state index < -0.39 is 18.6 Å². The van der Waals surface area contributed by atoms with Crippen LogP contribution < -0.4 is 14.8 Å². The summed E-state index contributed by atoms with van der Waals surface area (Å²) in [5, 5.41) is 2.75. The van der Waals surface area contributed by atoms with E-state index in [9.17, 15) is 23.2 Å². The van der Waals surface area contributed by atoms with Crippen molar-refractivity contribution >= 4 is 17.8 Å². The molecule has 2 fully saturated rings. The molecule has 1 aliphatic carbocycles. The number of alkyl halides is 2. The molecule has 0 aromatic heterocycles. The third-order valence-corrected chi connectivity index (χ3v) is 7.04. The number of rotatable bonds is 9. The summed E-state index contributed by atoms with van der Waals surface area (Å²) in [6.07, 6.45) is 2.43. The number of benzene rings is 2. The summed E-state index contributed by atoms with van der Waals surface area (Å²) in [6.45, 7) is -0.404. The van der Waals surface area contributed by atoms with Crippen molar-refractivity contribution < 1.29 is 37.4 Å². The number of carbonyl (C=O) groups excluding carboxylic acids is 3. The van der Waals surface area contributed by atoms with Crippen molar-refractivity contribution in [1.29, 1.82) is 0 Å². The first-order chi connectivity index (χ1) is 17.8. The highest BCUT2D eigenvalue weighted by Crippen LogP contribution is 2.39. The highest BCUT2D eigenvalue weighted by Gasteiger charge is 2.40. The molecular formula is C27H28F2N2O6. The van der Waals surface area contributed by atoms with Crippen molar-refractivity contribution in [3.8, 4) is 11.5 Å². The van der Waals surface area contributed by atoms with Crippen LogP contribution in [0.25, 0.3) is 0 Å². The second kappa shape index (κ2) is 10.4. The fraction of sp³-hybridized carbons (Fsp3) is 0.444. The normalized spacial score (nSPS) is 20.5. The molecule has 196 valence electrons. The number of nitrogens with zero attached hydrogens (tertiary/aromatic N) is 1. The number of hydrogen-bond donors (Lipinski definition) is 1. The van der Waals surface area contributed by atoms with E-state index >= 15 is 0 Å². The molecule has 5 rings (SSSR count). The molecule has 1 saturated carbocycles. The molecule has 2 heterocycles. The molecule has 2 aromatic rings. The highest BCUT2D eigenvalue weighted by atomic mass is 19.3. The summed E-state index contributed by atoms with van der Waals surface area (Å²) in [4.78, 5) is 38.6. The topological polar surface area (TPSA) is 94.2 Å². The van der Waals surface area contributed by atoms with E-state index in [1.807, 2.05) is 6.07 Å². The van der Waals surface area contributed by atoms with Crippen LogP contribution in [-0.4, -0.2) is 48.5 Å². The van der Waals surface area contributed by atoms with E-state index in [1.54, 1.807) is 24.3 Å². The smallest absolute Gasteiger partial charge is 0.387 e. The maximum atomic E-state index is 13.0. The third-order valence-electron chi connectivity index (χ3n) is 7.04. The number of hydrogen-bond acceptors (Lipinski definition) is 6. The lowest BCUT2D eigenvalue weighted by molar-refractivity contribution is -0.154. The summed E-state index contributed by atoms with van der Waals surface area (Å²) >= 11 is 0. The summed E-state index contributed by atoms with van der Waals surface area (Å²) in [6, 6.07) is 9.28. The van der Waals surface area contributed by atoms with E-state index in [2.05, 4.69) is 10.1 Å². The second-order valence-corrected chi connectivity index (χ2v) is 9.74. The Morgan fingerprint density at radius 1 is 1.14 bits per heavy atom. The van der Waals surface area contributed by atoms with Crippen LogP contribution in [0.15, 0.2) is 36.4 Å². The van der Waals surface area contributed by atoms with Crippen molar-refractivity contribution in [1.82, 2.24) is 10.2 Å². The first kappa shape index (κ1) is 25.0. The largest absolute Gasteiger partial charge is 0.489 e. The van der Waals surface area contributed by atoms with Crippen LogP contribution in [-0.2, 0) is 27.5 Å². The maximum Gasteiger partial charge on any atom is 0.387 e. The zero-order valence-corrected chi connectivity index (χ0v) is 20.4. The van der Waals surface area contributed by atoms with Gasteiger partial charge in [-0.1, -0.05) is 12.1 Å². The Morgan fingerprint density at radius 2 is 1.95 bits per heavy atom. The number of likely N-dealkylation sites (tertiary alicyclic amines) is 1. The lowest BCUT2D eigenvalue weighted by Crippen LogP contribution is -2.40. The van der Waals surface area contributed by atoms with Crippen LogP contribution in [0.2, 0.25) is 0 Å². The quantitative estimate of drug-likeness (QED) is 0.512. The predicted molar refractivity (Wildman–Crippen MR) is 127 cm³/mol. The molecule has 3 aliphatic rings. The van der Waals surface area contributed by atoms with Crippen molar-refractivity contribution in [2.45, 2.75) is 57.9 Å². The van der Waals surface area contributed by atoms with Crippen LogP contribution in [0.5, 0.6) is 11.5 Å². The molecule has 2 aliphatic heterocycles. The Hall–Kier alpha value is -3.69. The molecule has 2 amide bonds. The summed E-state index contributed by atoms with van der Waals surface area (Å²) in [5.41, 5.74) is 2.98. The minimum atomic E-state index is -2.98. The van der Waals surface area contributed by atoms with Crippen molar-refractivity contribution in [3.63, 3.8) is 0 Å². The van der Waals surface area contributed by atoms with Crippen molar-refractivity contribution in [2.24, 2.45) is 5.92 Å². The van der Waals surface area contributed by atoms with Crippen molar-refractivity contribution in [3.05, 3.63) is 58.7 Å². The fourth-order valence-corrected chi connectivity index (χ4v) is 4.85. The predicted octanol–water partition coefficient (Wildman–Crippen LogP) is 3.77. The molecule has 1 N–H and O–H groups in total. The van der Waals surface area contributed by atoms with E-state index in [1.165, 1.54) is 17.9 Å². The molecule has 2 atom stereocenters. The Balaban J connectivity index is 1.27. The number of halogens is 2. The van der Waals surface area contributed by atoms with Crippen LogP contribution in [0.3, 0.4) is 0 Å². The van der Waals surface area contributed by atoms with E-state index in [0.29, 0.717) is 37.6 Å². The summed E-state index contributed by atoms with van der Waals surface area (Å²) < 4.78 is 41.7. The zero-order chi connectivity index (χ0) is 26.1. The molecule has 1 saturated heterocycles. The van der Waals surface area contributed by atoms with E-state index in [4.69, 9.17) is 9.47 Å². The number of ether oxygens (including phenoxy) is 3. The second-order valence-electron chi connectivity index (χ2n) is 9.74. The lowest BCUT2D eigenvalue weighted by atomic mass is 9.96. The van der Waals surface area contributed by atoms with Gasteiger partial charge in [-0.2, -0.15) is 8.78 Å². The third kappa shape index (κ3) is 5.68. The fourth-order valence-electron chi connectivity index (χ4n) is 4.85. The number of fused-ring (bicyclic) bond motifs is 1. The van der Waals surface area contributed by atoms with Gasteiger partial charge in [-0.3, -0.25) is 9.59 Å². The maximum absolute atomic E-state index is 13.0. The number of carbonyl (C=O) groups is 3. The minimum Gasteiger partial charge on any atom is -0.489 e. The molecule has 1 unspecified atom stereocenters. The Morgan fingerprint density at radius 3 is 2.68 bits per heavy atom. The molecule has 10 heteroatoms.